The lowest BCUT2D eigenvalue weighted by molar-refractivity contribution is 0.0983. The van der Waals surface area contributed by atoms with E-state index in [0.717, 1.165) is 5.56 Å². The maximum Gasteiger partial charge on any atom is 0.164 e. The molecule has 4 heteroatoms. The van der Waals surface area contributed by atoms with Crippen LogP contribution in [0.1, 0.15) is 22.3 Å². The Balaban J connectivity index is 2.07. The van der Waals surface area contributed by atoms with Gasteiger partial charge >= 0.3 is 0 Å². The van der Waals surface area contributed by atoms with Crippen LogP contribution >= 0.6 is 23.2 Å². The Labute approximate surface area is 121 Å². The topological polar surface area (TPSA) is 17.1 Å². The van der Waals surface area contributed by atoms with E-state index in [1.165, 1.54) is 12.1 Å². The summed E-state index contributed by atoms with van der Waals surface area (Å²) in [7, 11) is 0. The fourth-order valence-corrected chi connectivity index (χ4v) is 2.19. The first-order valence-electron chi connectivity index (χ1n) is 5.79. The summed E-state index contributed by atoms with van der Waals surface area (Å²) in [5.74, 6) is -0.400. The van der Waals surface area contributed by atoms with Crippen LogP contribution in [-0.2, 0) is 6.42 Å². The van der Waals surface area contributed by atoms with Crippen molar-refractivity contribution < 1.29 is 9.18 Å². The molecule has 0 saturated heterocycles. The molecule has 0 aromatic heterocycles. The summed E-state index contributed by atoms with van der Waals surface area (Å²) >= 11 is 11.8. The number of benzene rings is 2. The fourth-order valence-electron chi connectivity index (χ4n) is 1.80. The number of halogens is 3. The van der Waals surface area contributed by atoms with Crippen molar-refractivity contribution in [3.05, 3.63) is 69.5 Å². The third-order valence-electron chi connectivity index (χ3n) is 2.76. The molecule has 0 aliphatic rings. The van der Waals surface area contributed by atoms with Crippen molar-refractivity contribution >= 4 is 29.0 Å². The van der Waals surface area contributed by atoms with Gasteiger partial charge in [-0.2, -0.15) is 0 Å². The van der Waals surface area contributed by atoms with Crippen LogP contribution in [-0.4, -0.2) is 5.78 Å². The van der Waals surface area contributed by atoms with E-state index in [2.05, 4.69) is 0 Å². The monoisotopic (exact) mass is 296 g/mol. The molecule has 0 bridgehead atoms. The van der Waals surface area contributed by atoms with E-state index in [0.29, 0.717) is 22.0 Å². The molecule has 0 heterocycles. The molecule has 0 aliphatic carbocycles. The molecule has 0 radical (unpaired) electrons. The first-order chi connectivity index (χ1) is 9.06. The standard InChI is InChI=1S/C15H11Cl2FO/c16-11-5-6-14(17)13(9-11)15(19)7-4-10-2-1-3-12(18)8-10/h1-3,5-6,8-9H,4,7H2. The number of Topliss-reactive ketones (excluding diaryl/α,β-unsaturated/α-hetero) is 1. The highest BCUT2D eigenvalue weighted by Gasteiger charge is 2.11. The van der Waals surface area contributed by atoms with Crippen molar-refractivity contribution in [2.24, 2.45) is 0 Å². The summed E-state index contributed by atoms with van der Waals surface area (Å²) in [5.41, 5.74) is 1.19. The molecule has 0 amide bonds. The molecule has 19 heavy (non-hydrogen) atoms. The van der Waals surface area contributed by atoms with Gasteiger partial charge in [0, 0.05) is 17.0 Å². The first-order valence-corrected chi connectivity index (χ1v) is 6.54. The minimum Gasteiger partial charge on any atom is -0.294 e. The van der Waals surface area contributed by atoms with Gasteiger partial charge in [-0.05, 0) is 42.3 Å². The molecule has 0 N–H and O–H groups in total. The number of carbonyl (C=O) groups excluding carboxylic acids is 1. The number of hydrogen-bond acceptors (Lipinski definition) is 1. The Morgan fingerprint density at radius 2 is 1.89 bits per heavy atom. The van der Waals surface area contributed by atoms with Gasteiger partial charge in [0.1, 0.15) is 5.82 Å². The van der Waals surface area contributed by atoms with Crippen molar-refractivity contribution in [3.63, 3.8) is 0 Å². The number of rotatable bonds is 4. The van der Waals surface area contributed by atoms with Crippen LogP contribution in [0.4, 0.5) is 4.39 Å². The number of aryl methyl sites for hydroxylation is 1. The van der Waals surface area contributed by atoms with E-state index in [9.17, 15) is 9.18 Å². The molecular formula is C15H11Cl2FO. The van der Waals surface area contributed by atoms with Gasteiger partial charge < -0.3 is 0 Å². The van der Waals surface area contributed by atoms with Gasteiger partial charge in [-0.25, -0.2) is 4.39 Å². The quantitative estimate of drug-likeness (QED) is 0.730. The second-order valence-electron chi connectivity index (χ2n) is 4.18. The first kappa shape index (κ1) is 14.0. The molecule has 0 saturated carbocycles. The van der Waals surface area contributed by atoms with Crippen LogP contribution in [0.15, 0.2) is 42.5 Å². The lowest BCUT2D eigenvalue weighted by Crippen LogP contribution is -2.02. The summed E-state index contributed by atoms with van der Waals surface area (Å²) in [6.07, 6.45) is 0.739. The number of carbonyl (C=O) groups is 1. The highest BCUT2D eigenvalue weighted by molar-refractivity contribution is 6.35. The lowest BCUT2D eigenvalue weighted by atomic mass is 10.0. The summed E-state index contributed by atoms with van der Waals surface area (Å²) in [4.78, 5) is 12.0. The SMILES string of the molecule is O=C(CCc1cccc(F)c1)c1cc(Cl)ccc1Cl. The Morgan fingerprint density at radius 3 is 2.63 bits per heavy atom. The van der Waals surface area contributed by atoms with E-state index >= 15 is 0 Å². The van der Waals surface area contributed by atoms with Crippen LogP contribution < -0.4 is 0 Å². The summed E-state index contributed by atoms with van der Waals surface area (Å²) in [6.45, 7) is 0. The normalized spacial score (nSPS) is 10.5. The third-order valence-corrected chi connectivity index (χ3v) is 3.32. The highest BCUT2D eigenvalue weighted by atomic mass is 35.5. The molecule has 0 aliphatic heterocycles. The third kappa shape index (κ3) is 3.79. The second kappa shape index (κ2) is 6.18. The van der Waals surface area contributed by atoms with Gasteiger partial charge in [0.25, 0.3) is 0 Å². The van der Waals surface area contributed by atoms with Crippen LogP contribution in [0.3, 0.4) is 0 Å². The average molecular weight is 297 g/mol. The zero-order valence-corrected chi connectivity index (χ0v) is 11.5. The molecule has 98 valence electrons. The van der Waals surface area contributed by atoms with E-state index < -0.39 is 0 Å². The van der Waals surface area contributed by atoms with Crippen LogP contribution in [0, 0.1) is 5.82 Å². The van der Waals surface area contributed by atoms with Gasteiger partial charge in [-0.15, -0.1) is 0 Å². The smallest absolute Gasteiger partial charge is 0.164 e. The van der Waals surface area contributed by atoms with Gasteiger partial charge in [-0.1, -0.05) is 35.3 Å². The van der Waals surface area contributed by atoms with E-state index in [1.54, 1.807) is 30.3 Å². The molecule has 0 spiro atoms. The molecule has 2 rings (SSSR count). The fraction of sp³-hybridized carbons (Fsp3) is 0.133. The Morgan fingerprint density at radius 1 is 1.11 bits per heavy atom. The molecule has 1 nitrogen and oxygen atoms in total. The minimum atomic E-state index is -0.300. The van der Waals surface area contributed by atoms with Crippen molar-refractivity contribution in [1.29, 1.82) is 0 Å². The molecule has 0 atom stereocenters. The molecule has 0 fully saturated rings. The maximum atomic E-state index is 13.0. The molecule has 0 unspecified atom stereocenters. The van der Waals surface area contributed by atoms with Crippen molar-refractivity contribution in [2.75, 3.05) is 0 Å². The summed E-state index contributed by atoms with van der Waals surface area (Å²) < 4.78 is 13.0. The Bertz CT molecular complexity index is 611. The largest absolute Gasteiger partial charge is 0.294 e. The van der Waals surface area contributed by atoms with Crippen molar-refractivity contribution in [2.45, 2.75) is 12.8 Å². The lowest BCUT2D eigenvalue weighted by Gasteiger charge is -2.05. The minimum absolute atomic E-state index is 0.100. The molecular weight excluding hydrogens is 286 g/mol. The predicted octanol–water partition coefficient (Wildman–Crippen LogP) is 4.95. The maximum absolute atomic E-state index is 13.0. The van der Waals surface area contributed by atoms with E-state index in [1.807, 2.05) is 0 Å². The van der Waals surface area contributed by atoms with Crippen molar-refractivity contribution in [3.8, 4) is 0 Å². The number of hydrogen-bond donors (Lipinski definition) is 0. The van der Waals surface area contributed by atoms with Gasteiger partial charge in [0.15, 0.2) is 5.78 Å². The molecule has 2 aromatic carbocycles. The molecule has 2 aromatic rings. The zero-order valence-electron chi connectivity index (χ0n) is 10.00. The summed E-state index contributed by atoms with van der Waals surface area (Å²) in [5, 5.41) is 0.854. The summed E-state index contributed by atoms with van der Waals surface area (Å²) in [6, 6.07) is 11.0. The van der Waals surface area contributed by atoms with Crippen LogP contribution in [0.25, 0.3) is 0 Å². The van der Waals surface area contributed by atoms with Crippen molar-refractivity contribution in [1.82, 2.24) is 0 Å². The van der Waals surface area contributed by atoms with Gasteiger partial charge in [0.2, 0.25) is 0 Å². The van der Waals surface area contributed by atoms with E-state index in [-0.39, 0.29) is 18.0 Å². The second-order valence-corrected chi connectivity index (χ2v) is 5.02. The Kier molecular flexibility index (Phi) is 4.56. The van der Waals surface area contributed by atoms with E-state index in [4.69, 9.17) is 23.2 Å². The van der Waals surface area contributed by atoms with Gasteiger partial charge in [0.05, 0.1) is 5.02 Å². The average Bonchev–Trinajstić information content (AvgIpc) is 2.39. The highest BCUT2D eigenvalue weighted by Crippen LogP contribution is 2.22. The number of ketones is 1. The van der Waals surface area contributed by atoms with Gasteiger partial charge in [-0.3, -0.25) is 4.79 Å². The Hall–Kier alpha value is -1.38. The van der Waals surface area contributed by atoms with Crippen LogP contribution in [0.2, 0.25) is 10.0 Å². The predicted molar refractivity (Wildman–Crippen MR) is 75.5 cm³/mol. The zero-order chi connectivity index (χ0) is 13.8. The van der Waals surface area contributed by atoms with Crippen LogP contribution in [0.5, 0.6) is 0 Å².